The van der Waals surface area contributed by atoms with Crippen molar-refractivity contribution >= 4 is 29.8 Å². The first kappa shape index (κ1) is 45.4. The molecule has 1 heterocycles. The van der Waals surface area contributed by atoms with E-state index in [0.717, 1.165) is 5.56 Å². The largest absolute Gasteiger partial charge is 0.497 e. The molecule has 6 aromatic rings. The van der Waals surface area contributed by atoms with Gasteiger partial charge < -0.3 is 38.3 Å². The number of carbonyl (C=O) groups is 5. The molecule has 7 rings (SSSR count). The van der Waals surface area contributed by atoms with Crippen LogP contribution in [0, 0.1) is 0 Å². The van der Waals surface area contributed by atoms with E-state index in [2.05, 4.69) is 0 Å². The maximum absolute atomic E-state index is 14.3. The van der Waals surface area contributed by atoms with E-state index in [1.807, 2.05) is 12.1 Å². The Morgan fingerprint density at radius 3 is 1.55 bits per heavy atom. The van der Waals surface area contributed by atoms with Crippen molar-refractivity contribution in [2.24, 2.45) is 0 Å². The Hall–Kier alpha value is -7.61. The first-order valence-electron chi connectivity index (χ1n) is 20.8. The zero-order valence-electron chi connectivity index (χ0n) is 35.7. The number of ether oxygens (including phenoxy) is 7. The molecule has 332 valence electrons. The van der Waals surface area contributed by atoms with Crippen molar-refractivity contribution in [3.8, 4) is 5.75 Å². The van der Waals surface area contributed by atoms with Gasteiger partial charge in [0.25, 0.3) is 0 Å². The van der Waals surface area contributed by atoms with E-state index in [0.29, 0.717) is 16.9 Å². The lowest BCUT2D eigenvalue weighted by molar-refractivity contribution is -0.360. The number of hydrogen-bond donors (Lipinski definition) is 1. The first-order chi connectivity index (χ1) is 31.4. The summed E-state index contributed by atoms with van der Waals surface area (Å²) in [6.07, 6.45) is -8.44. The van der Waals surface area contributed by atoms with E-state index in [1.54, 1.807) is 116 Å². The Kier molecular flexibility index (Phi) is 14.5. The number of carbonyl (C=O) groups excluding carboxylic acids is 5. The maximum Gasteiger partial charge on any atom is 0.338 e. The Morgan fingerprint density at radius 1 is 0.600 bits per heavy atom. The quantitative estimate of drug-likeness (QED) is 0.0784. The molecular formula is C52H46O13. The van der Waals surface area contributed by atoms with Crippen molar-refractivity contribution in [1.82, 2.24) is 0 Å². The molecule has 0 amide bonds. The standard InChI is InChI=1S/C52H46O13/c1-33(61-48(54)37-16-8-4-9-17-37)44-45(62-49(55)38-18-10-5-11-19-38)46(63-50(56)39-20-12-6-13-21-39)47(64-51(57)40-22-14-7-15-23-40)52(58,65-44)43-31-36(32-60-34(2)53)24-27-41(43)30-35-25-28-42(59-3)29-26-35/h4-29,31,33,44-47,58H,30,32H2,1-3H3/t33-,44+,45+,46-,47+,52+/m0/s1. The van der Waals surface area contributed by atoms with Crippen molar-refractivity contribution in [1.29, 1.82) is 0 Å². The molecule has 1 N–H and O–H groups in total. The fourth-order valence-electron chi connectivity index (χ4n) is 7.43. The zero-order chi connectivity index (χ0) is 45.9. The molecular weight excluding hydrogens is 833 g/mol. The molecule has 13 nitrogen and oxygen atoms in total. The average molecular weight is 879 g/mol. The lowest BCUT2D eigenvalue weighted by atomic mass is 9.82. The van der Waals surface area contributed by atoms with Gasteiger partial charge in [0.15, 0.2) is 12.2 Å². The van der Waals surface area contributed by atoms with Gasteiger partial charge in [0, 0.05) is 12.5 Å². The highest BCUT2D eigenvalue weighted by molar-refractivity contribution is 5.92. The second-order valence-electron chi connectivity index (χ2n) is 15.2. The molecule has 1 aliphatic rings. The van der Waals surface area contributed by atoms with E-state index >= 15 is 0 Å². The second-order valence-corrected chi connectivity index (χ2v) is 15.2. The molecule has 0 aromatic heterocycles. The summed E-state index contributed by atoms with van der Waals surface area (Å²) in [5.41, 5.74) is 2.03. The molecule has 6 aromatic carbocycles. The van der Waals surface area contributed by atoms with Gasteiger partial charge >= 0.3 is 29.8 Å². The van der Waals surface area contributed by atoms with Crippen LogP contribution in [0.3, 0.4) is 0 Å². The highest BCUT2D eigenvalue weighted by Crippen LogP contribution is 2.44. The Balaban J connectivity index is 1.45. The average Bonchev–Trinajstić information content (AvgIpc) is 3.34. The van der Waals surface area contributed by atoms with Gasteiger partial charge in [-0.25, -0.2) is 19.2 Å². The van der Waals surface area contributed by atoms with Gasteiger partial charge in [-0.05, 0) is 96.8 Å². The van der Waals surface area contributed by atoms with E-state index in [-0.39, 0.29) is 40.8 Å². The van der Waals surface area contributed by atoms with Gasteiger partial charge in [0.1, 0.15) is 24.6 Å². The minimum Gasteiger partial charge on any atom is -0.497 e. The summed E-state index contributed by atoms with van der Waals surface area (Å²) >= 11 is 0. The van der Waals surface area contributed by atoms with Crippen LogP contribution in [-0.2, 0) is 52.0 Å². The van der Waals surface area contributed by atoms with Gasteiger partial charge in [0.2, 0.25) is 11.9 Å². The smallest absolute Gasteiger partial charge is 0.338 e. The lowest BCUT2D eigenvalue weighted by Gasteiger charge is -2.50. The van der Waals surface area contributed by atoms with Crippen LogP contribution >= 0.6 is 0 Å². The third-order valence-electron chi connectivity index (χ3n) is 10.7. The van der Waals surface area contributed by atoms with Crippen LogP contribution in [0.15, 0.2) is 164 Å². The molecule has 0 spiro atoms. The minimum absolute atomic E-state index is 0.00372. The van der Waals surface area contributed by atoms with E-state index in [4.69, 9.17) is 33.2 Å². The van der Waals surface area contributed by atoms with Gasteiger partial charge in [0.05, 0.1) is 29.4 Å². The predicted molar refractivity (Wildman–Crippen MR) is 235 cm³/mol. The van der Waals surface area contributed by atoms with Crippen LogP contribution in [0.4, 0.5) is 0 Å². The molecule has 1 fully saturated rings. The fraction of sp³-hybridized carbons (Fsp3) is 0.212. The van der Waals surface area contributed by atoms with Crippen LogP contribution in [0.25, 0.3) is 0 Å². The molecule has 0 bridgehead atoms. The molecule has 0 radical (unpaired) electrons. The molecule has 1 saturated heterocycles. The van der Waals surface area contributed by atoms with Crippen LogP contribution in [-0.4, -0.2) is 72.6 Å². The number of rotatable bonds is 15. The summed E-state index contributed by atoms with van der Waals surface area (Å²) < 4.78 is 42.3. The van der Waals surface area contributed by atoms with Crippen molar-refractivity contribution in [2.75, 3.05) is 7.11 Å². The number of methoxy groups -OCH3 is 1. The number of esters is 5. The molecule has 0 aliphatic carbocycles. The first-order valence-corrected chi connectivity index (χ1v) is 20.8. The summed E-state index contributed by atoms with van der Waals surface area (Å²) in [6.45, 7) is 2.49. The number of hydrogen-bond acceptors (Lipinski definition) is 13. The molecule has 0 unspecified atom stereocenters. The van der Waals surface area contributed by atoms with Gasteiger partial charge in [-0.2, -0.15) is 0 Å². The molecule has 13 heteroatoms. The van der Waals surface area contributed by atoms with Crippen LogP contribution < -0.4 is 4.74 Å². The third-order valence-corrected chi connectivity index (χ3v) is 10.7. The summed E-state index contributed by atoms with van der Waals surface area (Å²) in [4.78, 5) is 68.5. The van der Waals surface area contributed by atoms with Crippen molar-refractivity contribution in [3.63, 3.8) is 0 Å². The highest BCUT2D eigenvalue weighted by Gasteiger charge is 2.62. The number of benzene rings is 6. The van der Waals surface area contributed by atoms with Gasteiger partial charge in [-0.15, -0.1) is 0 Å². The summed E-state index contributed by atoms with van der Waals surface area (Å²) in [5.74, 6) is -6.33. The molecule has 0 saturated carbocycles. The van der Waals surface area contributed by atoms with Crippen LogP contribution in [0.2, 0.25) is 0 Å². The Bertz CT molecular complexity index is 2590. The summed E-state index contributed by atoms with van der Waals surface area (Å²) in [5, 5.41) is 13.6. The van der Waals surface area contributed by atoms with Gasteiger partial charge in [-0.3, -0.25) is 4.79 Å². The fourth-order valence-corrected chi connectivity index (χ4v) is 7.43. The van der Waals surface area contributed by atoms with Gasteiger partial charge in [-0.1, -0.05) is 97.1 Å². The van der Waals surface area contributed by atoms with Crippen LogP contribution in [0.5, 0.6) is 5.75 Å². The SMILES string of the molecule is COc1ccc(Cc2ccc(COC(C)=O)cc2[C@@]2(O)O[C@H]([C@H](C)OC(=O)c3ccccc3)[C@@H](OC(=O)c3ccccc3)[C@H](OC(=O)c3ccccc3)[C@H]2OC(=O)c2ccccc2)cc1. The lowest BCUT2D eigenvalue weighted by Crippen LogP contribution is -2.68. The number of aliphatic hydroxyl groups is 1. The van der Waals surface area contributed by atoms with Crippen molar-refractivity contribution < 1.29 is 62.2 Å². The Labute approximate surface area is 375 Å². The topological polar surface area (TPSA) is 170 Å². The Morgan fingerprint density at radius 2 is 1.06 bits per heavy atom. The summed E-state index contributed by atoms with van der Waals surface area (Å²) in [7, 11) is 1.54. The highest BCUT2D eigenvalue weighted by atomic mass is 16.7. The van der Waals surface area contributed by atoms with Crippen molar-refractivity contribution in [3.05, 3.63) is 208 Å². The van der Waals surface area contributed by atoms with Crippen LogP contribution in [0.1, 0.15) is 77.5 Å². The van der Waals surface area contributed by atoms with E-state index in [9.17, 15) is 29.1 Å². The molecule has 6 atom stereocenters. The zero-order valence-corrected chi connectivity index (χ0v) is 35.7. The normalized spacial score (nSPS) is 19.4. The van der Waals surface area contributed by atoms with E-state index in [1.165, 1.54) is 56.3 Å². The summed E-state index contributed by atoms with van der Waals surface area (Å²) in [6, 6.07) is 44.0. The molecule has 1 aliphatic heterocycles. The monoisotopic (exact) mass is 878 g/mol. The van der Waals surface area contributed by atoms with Crippen molar-refractivity contribution in [2.45, 2.75) is 63.2 Å². The predicted octanol–water partition coefficient (Wildman–Crippen LogP) is 7.82. The minimum atomic E-state index is -2.80. The second kappa shape index (κ2) is 20.7. The molecule has 65 heavy (non-hydrogen) atoms. The third kappa shape index (κ3) is 11.0. The maximum atomic E-state index is 14.3. The van der Waals surface area contributed by atoms with E-state index < -0.39 is 66.2 Å².